The van der Waals surface area contributed by atoms with Gasteiger partial charge in [-0.1, -0.05) is 24.4 Å². The number of aliphatic hydroxyl groups is 1. The molecule has 0 aliphatic carbocycles. The molecular weight excluding hydrogens is 260 g/mol. The Balaban J connectivity index is 2.17. The number of thiocarbonyl (C=S) groups is 1. The number of likely N-dealkylation sites (tertiary alicyclic amines) is 1. The SMILES string of the molecule is COc1ccc(C(C(N)=S)N2CCC(O)CC2)cc1. The van der Waals surface area contributed by atoms with Crippen LogP contribution in [-0.4, -0.2) is 41.3 Å². The van der Waals surface area contributed by atoms with E-state index >= 15 is 0 Å². The molecule has 104 valence electrons. The minimum absolute atomic E-state index is 0.0617. The van der Waals surface area contributed by atoms with Gasteiger partial charge in [0.2, 0.25) is 0 Å². The average Bonchev–Trinajstić information content (AvgIpc) is 2.42. The van der Waals surface area contributed by atoms with Gasteiger partial charge in [0.25, 0.3) is 0 Å². The van der Waals surface area contributed by atoms with Crippen LogP contribution < -0.4 is 10.5 Å². The molecule has 0 radical (unpaired) electrons. The van der Waals surface area contributed by atoms with E-state index in [1.54, 1.807) is 7.11 Å². The number of benzene rings is 1. The number of piperidine rings is 1. The molecule has 0 aromatic heterocycles. The van der Waals surface area contributed by atoms with Crippen molar-refractivity contribution in [1.29, 1.82) is 0 Å². The lowest BCUT2D eigenvalue weighted by Gasteiger charge is -2.35. The van der Waals surface area contributed by atoms with Crippen LogP contribution in [0.3, 0.4) is 0 Å². The summed E-state index contributed by atoms with van der Waals surface area (Å²) < 4.78 is 5.16. The zero-order chi connectivity index (χ0) is 13.8. The van der Waals surface area contributed by atoms with Crippen molar-refractivity contribution in [2.45, 2.75) is 25.0 Å². The predicted molar refractivity (Wildman–Crippen MR) is 79.3 cm³/mol. The third-order valence-corrected chi connectivity index (χ3v) is 3.79. The van der Waals surface area contributed by atoms with E-state index in [9.17, 15) is 5.11 Å². The lowest BCUT2D eigenvalue weighted by atomic mass is 10.0. The highest BCUT2D eigenvalue weighted by Crippen LogP contribution is 2.26. The maximum Gasteiger partial charge on any atom is 0.118 e. The number of nitrogens with two attached hydrogens (primary N) is 1. The van der Waals surface area contributed by atoms with Crippen molar-refractivity contribution >= 4 is 17.2 Å². The second kappa shape index (κ2) is 6.32. The molecule has 1 fully saturated rings. The van der Waals surface area contributed by atoms with Crippen molar-refractivity contribution in [3.63, 3.8) is 0 Å². The number of ether oxygens (including phenoxy) is 1. The Hall–Kier alpha value is -1.17. The van der Waals surface area contributed by atoms with Crippen molar-refractivity contribution in [1.82, 2.24) is 4.90 Å². The lowest BCUT2D eigenvalue weighted by molar-refractivity contribution is 0.0739. The number of nitrogens with zero attached hydrogens (tertiary/aromatic N) is 1. The Morgan fingerprint density at radius 3 is 2.42 bits per heavy atom. The highest BCUT2D eigenvalue weighted by atomic mass is 32.1. The van der Waals surface area contributed by atoms with Gasteiger partial charge in [0.1, 0.15) is 5.75 Å². The summed E-state index contributed by atoms with van der Waals surface area (Å²) in [5.74, 6) is 0.819. The Morgan fingerprint density at radius 1 is 1.37 bits per heavy atom. The molecule has 1 aromatic rings. The normalized spacial score (nSPS) is 19.1. The molecule has 1 saturated heterocycles. The van der Waals surface area contributed by atoms with E-state index in [0.29, 0.717) is 4.99 Å². The van der Waals surface area contributed by atoms with E-state index in [0.717, 1.165) is 37.2 Å². The summed E-state index contributed by atoms with van der Waals surface area (Å²) in [4.78, 5) is 2.71. The van der Waals surface area contributed by atoms with Crippen LogP contribution in [0.15, 0.2) is 24.3 Å². The zero-order valence-electron chi connectivity index (χ0n) is 11.1. The first kappa shape index (κ1) is 14.2. The molecule has 0 spiro atoms. The van der Waals surface area contributed by atoms with Gasteiger partial charge in [-0.05, 0) is 30.5 Å². The largest absolute Gasteiger partial charge is 0.497 e. The van der Waals surface area contributed by atoms with Gasteiger partial charge < -0.3 is 15.6 Å². The predicted octanol–water partition coefficient (Wildman–Crippen LogP) is 1.48. The van der Waals surface area contributed by atoms with Gasteiger partial charge in [0.15, 0.2) is 0 Å². The van der Waals surface area contributed by atoms with Gasteiger partial charge in [0.05, 0.1) is 24.2 Å². The highest BCUT2D eigenvalue weighted by molar-refractivity contribution is 7.80. The number of hydrogen-bond donors (Lipinski definition) is 2. The van der Waals surface area contributed by atoms with Crippen LogP contribution in [0.1, 0.15) is 24.4 Å². The smallest absolute Gasteiger partial charge is 0.118 e. The number of rotatable bonds is 4. The summed E-state index contributed by atoms with van der Waals surface area (Å²) in [6.45, 7) is 1.63. The fourth-order valence-corrected chi connectivity index (χ4v) is 2.77. The number of aliphatic hydroxyl groups excluding tert-OH is 1. The molecule has 1 heterocycles. The van der Waals surface area contributed by atoms with Crippen LogP contribution in [0.5, 0.6) is 5.75 Å². The Labute approximate surface area is 119 Å². The second-order valence-electron chi connectivity index (χ2n) is 4.85. The summed E-state index contributed by atoms with van der Waals surface area (Å²) in [5, 5.41) is 9.58. The van der Waals surface area contributed by atoms with Gasteiger partial charge in [-0.3, -0.25) is 4.90 Å². The third-order valence-electron chi connectivity index (χ3n) is 3.57. The summed E-state index contributed by atoms with van der Waals surface area (Å²) in [6.07, 6.45) is 1.35. The number of methoxy groups -OCH3 is 1. The molecule has 1 aromatic carbocycles. The first-order chi connectivity index (χ1) is 9.11. The van der Waals surface area contributed by atoms with Crippen LogP contribution in [0, 0.1) is 0 Å². The molecule has 1 aliphatic rings. The van der Waals surface area contributed by atoms with Crippen molar-refractivity contribution < 1.29 is 9.84 Å². The topological polar surface area (TPSA) is 58.7 Å². The van der Waals surface area contributed by atoms with Gasteiger partial charge in [-0.25, -0.2) is 0 Å². The van der Waals surface area contributed by atoms with Crippen molar-refractivity contribution in [2.75, 3.05) is 20.2 Å². The Bertz CT molecular complexity index is 428. The van der Waals surface area contributed by atoms with Crippen molar-refractivity contribution in [3.8, 4) is 5.75 Å². The molecule has 19 heavy (non-hydrogen) atoms. The average molecular weight is 280 g/mol. The van der Waals surface area contributed by atoms with Gasteiger partial charge in [-0.2, -0.15) is 0 Å². The molecule has 5 heteroatoms. The van der Waals surface area contributed by atoms with E-state index in [1.165, 1.54) is 0 Å². The quantitative estimate of drug-likeness (QED) is 0.818. The van der Waals surface area contributed by atoms with E-state index in [-0.39, 0.29) is 12.1 Å². The van der Waals surface area contributed by atoms with E-state index in [4.69, 9.17) is 22.7 Å². The summed E-state index contributed by atoms with van der Waals surface area (Å²) in [7, 11) is 1.64. The molecule has 0 bridgehead atoms. The molecule has 0 saturated carbocycles. The molecule has 1 aliphatic heterocycles. The zero-order valence-corrected chi connectivity index (χ0v) is 11.9. The van der Waals surface area contributed by atoms with Gasteiger partial charge in [0, 0.05) is 13.1 Å². The Kier molecular flexibility index (Phi) is 4.74. The molecule has 4 nitrogen and oxygen atoms in total. The molecule has 1 atom stereocenters. The van der Waals surface area contributed by atoms with Crippen LogP contribution in [-0.2, 0) is 0 Å². The Morgan fingerprint density at radius 2 is 1.95 bits per heavy atom. The lowest BCUT2D eigenvalue weighted by Crippen LogP contribution is -2.43. The van der Waals surface area contributed by atoms with Crippen LogP contribution in [0.2, 0.25) is 0 Å². The maximum absolute atomic E-state index is 9.58. The van der Waals surface area contributed by atoms with Crippen molar-refractivity contribution in [2.24, 2.45) is 5.73 Å². The van der Waals surface area contributed by atoms with Crippen LogP contribution in [0.4, 0.5) is 0 Å². The van der Waals surface area contributed by atoms with E-state index < -0.39 is 0 Å². The highest BCUT2D eigenvalue weighted by Gasteiger charge is 2.27. The third kappa shape index (κ3) is 3.43. The fourth-order valence-electron chi connectivity index (χ4n) is 2.49. The standard InChI is InChI=1S/C14H20N2O2S/c1-18-12-4-2-10(3-5-12)13(14(15)19)16-8-6-11(17)7-9-16/h2-5,11,13,17H,6-9H2,1H3,(H2,15,19). The van der Waals surface area contributed by atoms with Crippen LogP contribution in [0.25, 0.3) is 0 Å². The molecule has 2 rings (SSSR count). The van der Waals surface area contributed by atoms with Crippen LogP contribution >= 0.6 is 12.2 Å². The van der Waals surface area contributed by atoms with E-state index in [2.05, 4.69) is 4.90 Å². The van der Waals surface area contributed by atoms with Crippen molar-refractivity contribution in [3.05, 3.63) is 29.8 Å². The summed E-state index contributed by atoms with van der Waals surface area (Å²) in [6, 6.07) is 7.76. The summed E-state index contributed by atoms with van der Waals surface area (Å²) in [5.41, 5.74) is 6.97. The fraction of sp³-hybridized carbons (Fsp3) is 0.500. The van der Waals surface area contributed by atoms with Gasteiger partial charge in [-0.15, -0.1) is 0 Å². The molecule has 3 N–H and O–H groups in total. The first-order valence-electron chi connectivity index (χ1n) is 6.47. The summed E-state index contributed by atoms with van der Waals surface area (Å²) >= 11 is 5.21. The van der Waals surface area contributed by atoms with Gasteiger partial charge >= 0.3 is 0 Å². The first-order valence-corrected chi connectivity index (χ1v) is 6.88. The minimum Gasteiger partial charge on any atom is -0.497 e. The number of hydrogen-bond acceptors (Lipinski definition) is 4. The second-order valence-corrected chi connectivity index (χ2v) is 5.32. The molecule has 0 amide bonds. The minimum atomic E-state index is -0.195. The van der Waals surface area contributed by atoms with E-state index in [1.807, 2.05) is 24.3 Å². The maximum atomic E-state index is 9.58. The molecular formula is C14H20N2O2S. The molecule has 1 unspecified atom stereocenters. The monoisotopic (exact) mass is 280 g/mol.